The van der Waals surface area contributed by atoms with Gasteiger partial charge < -0.3 is 19.2 Å². The van der Waals surface area contributed by atoms with Crippen molar-refractivity contribution < 1.29 is 18.7 Å². The highest BCUT2D eigenvalue weighted by Crippen LogP contribution is 2.21. The van der Waals surface area contributed by atoms with Crippen molar-refractivity contribution in [1.82, 2.24) is 10.2 Å². The Morgan fingerprint density at radius 3 is 2.65 bits per heavy atom. The van der Waals surface area contributed by atoms with Crippen LogP contribution in [0.25, 0.3) is 0 Å². The van der Waals surface area contributed by atoms with Gasteiger partial charge in [0.1, 0.15) is 11.5 Å². The Bertz CT molecular complexity index is 664. The summed E-state index contributed by atoms with van der Waals surface area (Å²) in [6.45, 7) is 6.18. The minimum Gasteiger partial charge on any atom is -0.494 e. The molecule has 3 rings (SSSR count). The molecule has 140 valence electrons. The fraction of sp³-hybridized carbons (Fsp3) is 0.450. The monoisotopic (exact) mass is 358 g/mol. The lowest BCUT2D eigenvalue weighted by Crippen LogP contribution is -2.43. The van der Waals surface area contributed by atoms with Gasteiger partial charge in [-0.15, -0.1) is 0 Å². The first-order valence-electron chi connectivity index (χ1n) is 9.10. The van der Waals surface area contributed by atoms with Crippen molar-refractivity contribution in [3.63, 3.8) is 0 Å². The molecule has 1 aromatic carbocycles. The van der Waals surface area contributed by atoms with Crippen LogP contribution >= 0.6 is 0 Å². The van der Waals surface area contributed by atoms with E-state index in [2.05, 4.69) is 10.2 Å². The van der Waals surface area contributed by atoms with Gasteiger partial charge in [-0.2, -0.15) is 0 Å². The number of hydrogen-bond acceptors (Lipinski definition) is 5. The number of carbonyl (C=O) groups is 1. The Balaban J connectivity index is 1.55. The summed E-state index contributed by atoms with van der Waals surface area (Å²) in [4.78, 5) is 14.7. The first-order chi connectivity index (χ1) is 12.8. The molecule has 1 amide bonds. The summed E-state index contributed by atoms with van der Waals surface area (Å²) >= 11 is 0. The fourth-order valence-corrected chi connectivity index (χ4v) is 3.11. The average Bonchev–Trinajstić information content (AvgIpc) is 3.19. The molecular formula is C20H26N2O4. The maximum atomic E-state index is 12.4. The van der Waals surface area contributed by atoms with Gasteiger partial charge in [-0.25, -0.2) is 0 Å². The number of furan rings is 1. The smallest absolute Gasteiger partial charge is 0.224 e. The molecule has 6 nitrogen and oxygen atoms in total. The van der Waals surface area contributed by atoms with Crippen LogP contribution in [-0.4, -0.2) is 50.3 Å². The Morgan fingerprint density at radius 2 is 2.00 bits per heavy atom. The Labute approximate surface area is 154 Å². The highest BCUT2D eigenvalue weighted by molar-refractivity contribution is 5.78. The van der Waals surface area contributed by atoms with Crippen LogP contribution in [0.1, 0.15) is 24.3 Å². The van der Waals surface area contributed by atoms with Crippen molar-refractivity contribution in [1.29, 1.82) is 0 Å². The Morgan fingerprint density at radius 1 is 1.23 bits per heavy atom. The molecule has 0 aliphatic carbocycles. The van der Waals surface area contributed by atoms with E-state index in [1.54, 1.807) is 6.26 Å². The van der Waals surface area contributed by atoms with Crippen LogP contribution in [0.4, 0.5) is 0 Å². The highest BCUT2D eigenvalue weighted by atomic mass is 16.5. The molecule has 26 heavy (non-hydrogen) atoms. The number of carbonyl (C=O) groups excluding carboxylic acids is 1. The molecule has 6 heteroatoms. The molecule has 1 aliphatic heterocycles. The molecule has 0 spiro atoms. The number of amides is 1. The molecule has 1 aliphatic rings. The second-order valence-corrected chi connectivity index (χ2v) is 6.24. The molecule has 2 aromatic rings. The largest absolute Gasteiger partial charge is 0.494 e. The normalized spacial score (nSPS) is 16.2. The summed E-state index contributed by atoms with van der Waals surface area (Å²) in [7, 11) is 0. The van der Waals surface area contributed by atoms with Crippen LogP contribution in [-0.2, 0) is 16.0 Å². The average molecular weight is 358 g/mol. The van der Waals surface area contributed by atoms with Crippen molar-refractivity contribution in [3.8, 4) is 5.75 Å². The van der Waals surface area contributed by atoms with Crippen molar-refractivity contribution in [2.75, 3.05) is 39.5 Å². The van der Waals surface area contributed by atoms with Crippen LogP contribution in [0, 0.1) is 0 Å². The first-order valence-corrected chi connectivity index (χ1v) is 9.10. The number of hydrogen-bond donors (Lipinski definition) is 1. The van der Waals surface area contributed by atoms with Gasteiger partial charge in [0.2, 0.25) is 5.91 Å². The van der Waals surface area contributed by atoms with E-state index in [9.17, 15) is 4.79 Å². The maximum Gasteiger partial charge on any atom is 0.224 e. The van der Waals surface area contributed by atoms with Crippen LogP contribution < -0.4 is 10.1 Å². The standard InChI is InChI=1S/C20H26N2O4/c1-2-25-17-7-5-16(6-8-17)14-20(23)21-15-18(19-4-3-11-26-19)22-9-12-24-13-10-22/h3-8,11,18H,2,9-10,12-15H2,1H3,(H,21,23). The van der Waals surface area contributed by atoms with E-state index in [0.717, 1.165) is 30.2 Å². The van der Waals surface area contributed by atoms with E-state index < -0.39 is 0 Å². The molecule has 1 fully saturated rings. The first kappa shape index (κ1) is 18.5. The molecule has 1 unspecified atom stereocenters. The zero-order chi connectivity index (χ0) is 18.2. The van der Waals surface area contributed by atoms with Crippen molar-refractivity contribution in [2.45, 2.75) is 19.4 Å². The van der Waals surface area contributed by atoms with E-state index >= 15 is 0 Å². The molecule has 0 bridgehead atoms. The second kappa shape index (κ2) is 9.40. The summed E-state index contributed by atoms with van der Waals surface area (Å²) in [5, 5.41) is 3.04. The zero-order valence-electron chi connectivity index (χ0n) is 15.1. The van der Waals surface area contributed by atoms with E-state index in [-0.39, 0.29) is 11.9 Å². The Kier molecular flexibility index (Phi) is 6.68. The van der Waals surface area contributed by atoms with Gasteiger partial charge in [0.25, 0.3) is 0 Å². The summed E-state index contributed by atoms with van der Waals surface area (Å²) < 4.78 is 16.4. The van der Waals surface area contributed by atoms with Crippen molar-refractivity contribution >= 4 is 5.91 Å². The summed E-state index contributed by atoms with van der Waals surface area (Å²) in [5.41, 5.74) is 0.965. The summed E-state index contributed by atoms with van der Waals surface area (Å²) in [6, 6.07) is 11.5. The number of nitrogens with zero attached hydrogens (tertiary/aromatic N) is 1. The third kappa shape index (κ3) is 5.09. The van der Waals surface area contributed by atoms with E-state index in [1.165, 1.54) is 0 Å². The van der Waals surface area contributed by atoms with Gasteiger partial charge in [0.05, 0.1) is 38.5 Å². The third-order valence-electron chi connectivity index (χ3n) is 4.45. The number of ether oxygens (including phenoxy) is 2. The third-order valence-corrected chi connectivity index (χ3v) is 4.45. The van der Waals surface area contributed by atoms with Gasteiger partial charge in [0, 0.05) is 19.6 Å². The van der Waals surface area contributed by atoms with Gasteiger partial charge >= 0.3 is 0 Å². The second-order valence-electron chi connectivity index (χ2n) is 6.24. The SMILES string of the molecule is CCOc1ccc(CC(=O)NCC(c2ccco2)N2CCOCC2)cc1. The maximum absolute atomic E-state index is 12.4. The number of morpholine rings is 1. The van der Waals surface area contributed by atoms with Crippen LogP contribution in [0.2, 0.25) is 0 Å². The van der Waals surface area contributed by atoms with Crippen LogP contribution in [0.3, 0.4) is 0 Å². The van der Waals surface area contributed by atoms with E-state index in [4.69, 9.17) is 13.9 Å². The van der Waals surface area contributed by atoms with Crippen molar-refractivity contribution in [3.05, 3.63) is 54.0 Å². The molecule has 1 saturated heterocycles. The zero-order valence-corrected chi connectivity index (χ0v) is 15.1. The minimum absolute atomic E-state index is 0.000949. The van der Waals surface area contributed by atoms with Gasteiger partial charge in [-0.3, -0.25) is 9.69 Å². The number of benzene rings is 1. The predicted octanol–water partition coefficient (Wildman–Crippen LogP) is 2.41. The number of nitrogens with one attached hydrogen (secondary N) is 1. The lowest BCUT2D eigenvalue weighted by molar-refractivity contribution is -0.120. The molecule has 2 heterocycles. The van der Waals surface area contributed by atoms with Crippen LogP contribution in [0.15, 0.2) is 47.1 Å². The minimum atomic E-state index is -0.000949. The summed E-state index contributed by atoms with van der Waals surface area (Å²) in [6.07, 6.45) is 2.02. The molecule has 1 N–H and O–H groups in total. The summed E-state index contributed by atoms with van der Waals surface area (Å²) in [5.74, 6) is 1.69. The molecule has 1 aromatic heterocycles. The lowest BCUT2D eigenvalue weighted by atomic mass is 10.1. The van der Waals surface area contributed by atoms with Crippen LogP contribution in [0.5, 0.6) is 5.75 Å². The number of rotatable bonds is 8. The van der Waals surface area contributed by atoms with Gasteiger partial charge in [0.15, 0.2) is 0 Å². The lowest BCUT2D eigenvalue weighted by Gasteiger charge is -2.33. The molecule has 0 saturated carbocycles. The van der Waals surface area contributed by atoms with Crippen molar-refractivity contribution in [2.24, 2.45) is 0 Å². The topological polar surface area (TPSA) is 63.9 Å². The highest BCUT2D eigenvalue weighted by Gasteiger charge is 2.25. The fourth-order valence-electron chi connectivity index (χ4n) is 3.11. The molecular weight excluding hydrogens is 332 g/mol. The van der Waals surface area contributed by atoms with E-state index in [1.807, 2.05) is 43.3 Å². The predicted molar refractivity (Wildman–Crippen MR) is 98.2 cm³/mol. The van der Waals surface area contributed by atoms with Gasteiger partial charge in [-0.1, -0.05) is 12.1 Å². The Hall–Kier alpha value is -2.31. The molecule has 1 atom stereocenters. The molecule has 0 radical (unpaired) electrons. The quantitative estimate of drug-likeness (QED) is 0.785. The van der Waals surface area contributed by atoms with Gasteiger partial charge in [-0.05, 0) is 36.8 Å². The van der Waals surface area contributed by atoms with E-state index in [0.29, 0.717) is 32.8 Å².